The predicted octanol–water partition coefficient (Wildman–Crippen LogP) is 0.111. The van der Waals surface area contributed by atoms with E-state index >= 15 is 0 Å². The molecule has 2 N–H and O–H groups in total. The third-order valence-electron chi connectivity index (χ3n) is 3.48. The van der Waals surface area contributed by atoms with Crippen LogP contribution >= 0.6 is 0 Å². The number of rotatable bonds is 6. The molecule has 0 radical (unpaired) electrons. The lowest BCUT2D eigenvalue weighted by atomic mass is 10.1. The van der Waals surface area contributed by atoms with Gasteiger partial charge in [0.05, 0.1) is 19.3 Å². The summed E-state index contributed by atoms with van der Waals surface area (Å²) in [6.45, 7) is 0.782. The monoisotopic (exact) mass is 330 g/mol. The van der Waals surface area contributed by atoms with Crippen LogP contribution in [0, 0.1) is 0 Å². The van der Waals surface area contributed by atoms with E-state index in [4.69, 9.17) is 14.6 Å². The van der Waals surface area contributed by atoms with Crippen LogP contribution in [-0.2, 0) is 21.6 Å². The summed E-state index contributed by atoms with van der Waals surface area (Å²) in [5.41, 5.74) is 0.789. The van der Waals surface area contributed by atoms with Crippen LogP contribution in [0.25, 0.3) is 0 Å². The summed E-state index contributed by atoms with van der Waals surface area (Å²) in [6, 6.07) is 6.67. The number of benzene rings is 1. The Hall–Kier alpha value is -1.19. The molecule has 124 valence electrons. The van der Waals surface area contributed by atoms with Gasteiger partial charge in [-0.15, -0.1) is 0 Å². The van der Waals surface area contributed by atoms with Gasteiger partial charge in [0.25, 0.3) is 10.2 Å². The highest BCUT2D eigenvalue weighted by molar-refractivity contribution is 7.87. The number of ether oxygens (including phenoxy) is 2. The predicted molar refractivity (Wildman–Crippen MR) is 81.7 cm³/mol. The van der Waals surface area contributed by atoms with Gasteiger partial charge in [-0.25, -0.2) is 0 Å². The topological polar surface area (TPSA) is 88.1 Å². The summed E-state index contributed by atoms with van der Waals surface area (Å²) in [4.78, 5) is 0. The summed E-state index contributed by atoms with van der Waals surface area (Å²) >= 11 is 0. The van der Waals surface area contributed by atoms with Crippen LogP contribution in [0.4, 0.5) is 0 Å². The summed E-state index contributed by atoms with van der Waals surface area (Å²) in [7, 11) is -0.564. The van der Waals surface area contributed by atoms with E-state index in [-0.39, 0.29) is 12.6 Å². The van der Waals surface area contributed by atoms with Crippen molar-refractivity contribution in [3.63, 3.8) is 0 Å². The molecule has 0 unspecified atom stereocenters. The summed E-state index contributed by atoms with van der Waals surface area (Å²) in [5, 5.41) is 9.03. The third-order valence-corrected chi connectivity index (χ3v) is 5.04. The first-order valence-corrected chi connectivity index (χ1v) is 8.50. The average Bonchev–Trinajstić information content (AvgIpc) is 2.49. The Bertz CT molecular complexity index is 573. The van der Waals surface area contributed by atoms with Gasteiger partial charge in [-0.3, -0.25) is 0 Å². The first-order valence-electron chi connectivity index (χ1n) is 7.06. The van der Waals surface area contributed by atoms with Crippen molar-refractivity contribution in [1.29, 1.82) is 0 Å². The SMILES string of the molecule is CN(C)S(=O)(=O)N[C@@H]1CCOC[C@H]1Oc1ccc(CO)cc1. The van der Waals surface area contributed by atoms with Gasteiger partial charge in [0.15, 0.2) is 0 Å². The largest absolute Gasteiger partial charge is 0.486 e. The highest BCUT2D eigenvalue weighted by Crippen LogP contribution is 2.19. The van der Waals surface area contributed by atoms with E-state index in [2.05, 4.69) is 4.72 Å². The number of nitrogens with one attached hydrogen (secondary N) is 1. The average molecular weight is 330 g/mol. The second kappa shape index (κ2) is 7.38. The van der Waals surface area contributed by atoms with E-state index in [0.29, 0.717) is 25.4 Å². The summed E-state index contributed by atoms with van der Waals surface area (Å²) in [5.74, 6) is 0.613. The van der Waals surface area contributed by atoms with E-state index in [1.54, 1.807) is 24.3 Å². The van der Waals surface area contributed by atoms with E-state index in [1.165, 1.54) is 14.1 Å². The molecular weight excluding hydrogens is 308 g/mol. The van der Waals surface area contributed by atoms with Crippen molar-refractivity contribution in [3.8, 4) is 5.75 Å². The van der Waals surface area contributed by atoms with Crippen LogP contribution in [0.15, 0.2) is 24.3 Å². The van der Waals surface area contributed by atoms with E-state index in [0.717, 1.165) is 9.87 Å². The van der Waals surface area contributed by atoms with Crippen LogP contribution in [0.5, 0.6) is 5.75 Å². The Labute approximate surface area is 131 Å². The zero-order valence-electron chi connectivity index (χ0n) is 12.7. The summed E-state index contributed by atoms with van der Waals surface area (Å²) < 4.78 is 38.9. The van der Waals surface area contributed by atoms with Crippen LogP contribution in [0.1, 0.15) is 12.0 Å². The molecular formula is C14H22N2O5S. The summed E-state index contributed by atoms with van der Waals surface area (Å²) in [6.07, 6.45) is 0.148. The van der Waals surface area contributed by atoms with Crippen LogP contribution in [-0.4, -0.2) is 57.3 Å². The second-order valence-corrected chi connectivity index (χ2v) is 7.25. The first-order chi connectivity index (χ1) is 10.4. The number of hydrogen-bond acceptors (Lipinski definition) is 5. The van der Waals surface area contributed by atoms with Crippen molar-refractivity contribution in [1.82, 2.24) is 9.03 Å². The Morgan fingerprint density at radius 3 is 2.64 bits per heavy atom. The molecule has 22 heavy (non-hydrogen) atoms. The smallest absolute Gasteiger partial charge is 0.279 e. The van der Waals surface area contributed by atoms with Gasteiger partial charge in [-0.05, 0) is 24.1 Å². The number of nitrogens with zero attached hydrogens (tertiary/aromatic N) is 1. The number of aliphatic hydroxyl groups excluding tert-OH is 1. The number of aliphatic hydroxyl groups is 1. The van der Waals surface area contributed by atoms with Crippen molar-refractivity contribution in [2.45, 2.75) is 25.2 Å². The van der Waals surface area contributed by atoms with E-state index in [9.17, 15) is 8.42 Å². The molecule has 0 spiro atoms. The van der Waals surface area contributed by atoms with E-state index in [1.807, 2.05) is 0 Å². The fourth-order valence-corrected chi connectivity index (χ4v) is 2.97. The molecule has 0 amide bonds. The van der Waals surface area contributed by atoms with Crippen molar-refractivity contribution in [2.75, 3.05) is 27.3 Å². The highest BCUT2D eigenvalue weighted by atomic mass is 32.2. The highest BCUT2D eigenvalue weighted by Gasteiger charge is 2.31. The molecule has 2 atom stereocenters. The van der Waals surface area contributed by atoms with Crippen LogP contribution in [0.3, 0.4) is 0 Å². The Balaban J connectivity index is 2.06. The minimum atomic E-state index is -3.52. The fraction of sp³-hybridized carbons (Fsp3) is 0.571. The Kier molecular flexibility index (Phi) is 5.76. The molecule has 1 aromatic rings. The van der Waals surface area contributed by atoms with Crippen molar-refractivity contribution in [2.24, 2.45) is 0 Å². The molecule has 8 heteroatoms. The molecule has 7 nitrogen and oxygen atoms in total. The van der Waals surface area contributed by atoms with Crippen LogP contribution < -0.4 is 9.46 Å². The molecule has 0 aromatic heterocycles. The maximum absolute atomic E-state index is 12.0. The van der Waals surface area contributed by atoms with Gasteiger partial charge >= 0.3 is 0 Å². The first kappa shape index (κ1) is 17.2. The molecule has 0 saturated carbocycles. The lowest BCUT2D eigenvalue weighted by molar-refractivity contribution is -0.00954. The normalized spacial score (nSPS) is 22.7. The van der Waals surface area contributed by atoms with Gasteiger partial charge in [0, 0.05) is 20.7 Å². The van der Waals surface area contributed by atoms with Gasteiger partial charge < -0.3 is 14.6 Å². The zero-order chi connectivity index (χ0) is 16.2. The molecule has 2 rings (SSSR count). The van der Waals surface area contributed by atoms with Crippen molar-refractivity contribution < 1.29 is 23.0 Å². The molecule has 1 aromatic carbocycles. The van der Waals surface area contributed by atoms with Gasteiger partial charge in [-0.2, -0.15) is 17.4 Å². The lowest BCUT2D eigenvalue weighted by Gasteiger charge is -2.32. The van der Waals surface area contributed by atoms with Gasteiger partial charge in [0.1, 0.15) is 11.9 Å². The Morgan fingerprint density at radius 1 is 1.36 bits per heavy atom. The molecule has 1 aliphatic heterocycles. The van der Waals surface area contributed by atoms with E-state index < -0.39 is 16.3 Å². The molecule has 1 aliphatic rings. The molecule has 0 aliphatic carbocycles. The molecule has 1 heterocycles. The van der Waals surface area contributed by atoms with Gasteiger partial charge in [0.2, 0.25) is 0 Å². The minimum absolute atomic E-state index is 0.0297. The third kappa shape index (κ3) is 4.40. The van der Waals surface area contributed by atoms with Gasteiger partial charge in [-0.1, -0.05) is 12.1 Å². The second-order valence-electron chi connectivity index (χ2n) is 5.33. The zero-order valence-corrected chi connectivity index (χ0v) is 13.5. The lowest BCUT2D eigenvalue weighted by Crippen LogP contribution is -2.53. The minimum Gasteiger partial charge on any atom is -0.486 e. The number of hydrogen-bond donors (Lipinski definition) is 2. The van der Waals surface area contributed by atoms with Crippen LogP contribution in [0.2, 0.25) is 0 Å². The standard InChI is InChI=1S/C14H22N2O5S/c1-16(2)22(18,19)15-13-7-8-20-10-14(13)21-12-5-3-11(9-17)4-6-12/h3-6,13-15,17H,7-10H2,1-2H3/t13-,14-/m1/s1. The maximum atomic E-state index is 12.0. The fourth-order valence-electron chi connectivity index (χ4n) is 2.11. The quantitative estimate of drug-likeness (QED) is 0.773. The van der Waals surface area contributed by atoms with Crippen molar-refractivity contribution in [3.05, 3.63) is 29.8 Å². The maximum Gasteiger partial charge on any atom is 0.279 e. The van der Waals surface area contributed by atoms with Crippen molar-refractivity contribution >= 4 is 10.2 Å². The Morgan fingerprint density at radius 2 is 2.05 bits per heavy atom. The molecule has 0 bridgehead atoms. The molecule has 1 saturated heterocycles. The molecule has 1 fully saturated rings.